The minimum atomic E-state index is -1.02. The smallest absolute Gasteiger partial charge is 0.275 e. The van der Waals surface area contributed by atoms with Crippen molar-refractivity contribution < 1.29 is 9.59 Å². The predicted molar refractivity (Wildman–Crippen MR) is 130 cm³/mol. The predicted octanol–water partition coefficient (Wildman–Crippen LogP) is 5.37. The van der Waals surface area contributed by atoms with Gasteiger partial charge in [-0.1, -0.05) is 44.9 Å². The second-order valence-electron chi connectivity index (χ2n) is 9.83. The van der Waals surface area contributed by atoms with E-state index in [2.05, 4.69) is 19.2 Å². The van der Waals surface area contributed by atoms with E-state index in [-0.39, 0.29) is 17.9 Å². The molecule has 3 aromatic rings. The maximum Gasteiger partial charge on any atom is 0.275 e. The minimum absolute atomic E-state index is 0.0669. The first-order chi connectivity index (χ1) is 15.3. The van der Waals surface area contributed by atoms with Gasteiger partial charge >= 0.3 is 0 Å². The van der Waals surface area contributed by atoms with Crippen LogP contribution in [0.15, 0.2) is 41.8 Å². The average Bonchev–Trinajstić information content (AvgIpc) is 3.35. The van der Waals surface area contributed by atoms with E-state index in [9.17, 15) is 9.59 Å². The van der Waals surface area contributed by atoms with Crippen LogP contribution in [0.1, 0.15) is 56.1 Å². The Morgan fingerprint density at radius 1 is 1.19 bits per heavy atom. The van der Waals surface area contributed by atoms with Crippen molar-refractivity contribution in [1.82, 2.24) is 9.88 Å². The standard InChI is InChI=1S/C26H31N3O2S/c1-16-9-7-10-19(18(16)3)27-25(31)26(4)15-28-21-12-13-32-23(21)14-22(28)24(30)29(26)20-11-6-5-8-17(20)2/h5-6,8,11-14,16,18-19H,7,9-10,15H2,1-4H3,(H,27,31)/t16-,18-,19-,26-/m1/s1. The van der Waals surface area contributed by atoms with Crippen LogP contribution in [0.3, 0.4) is 0 Å². The summed E-state index contributed by atoms with van der Waals surface area (Å²) >= 11 is 1.63. The zero-order chi connectivity index (χ0) is 22.6. The van der Waals surface area contributed by atoms with Gasteiger partial charge in [-0.25, -0.2) is 0 Å². The fourth-order valence-electron chi connectivity index (χ4n) is 5.51. The summed E-state index contributed by atoms with van der Waals surface area (Å²) in [6.45, 7) is 8.86. The van der Waals surface area contributed by atoms with E-state index in [0.717, 1.165) is 34.3 Å². The Hall–Kier alpha value is -2.60. The Kier molecular flexibility index (Phi) is 5.16. The number of anilines is 1. The first-order valence-electron chi connectivity index (χ1n) is 11.6. The lowest BCUT2D eigenvalue weighted by atomic mass is 9.77. The lowest BCUT2D eigenvalue weighted by Gasteiger charge is -2.46. The van der Waals surface area contributed by atoms with Gasteiger partial charge in [0.1, 0.15) is 11.2 Å². The quantitative estimate of drug-likeness (QED) is 0.584. The number of nitrogens with zero attached hydrogens (tertiary/aromatic N) is 2. The third kappa shape index (κ3) is 3.19. The van der Waals surface area contributed by atoms with Gasteiger partial charge in [-0.05, 0) is 61.2 Å². The molecule has 1 N–H and O–H groups in total. The van der Waals surface area contributed by atoms with Gasteiger partial charge in [0, 0.05) is 11.7 Å². The summed E-state index contributed by atoms with van der Waals surface area (Å²) < 4.78 is 3.12. The summed E-state index contributed by atoms with van der Waals surface area (Å²) in [6.07, 6.45) is 3.33. The van der Waals surface area contributed by atoms with Crippen molar-refractivity contribution in [2.45, 2.75) is 65.1 Å². The first-order valence-corrected chi connectivity index (χ1v) is 12.5. The zero-order valence-electron chi connectivity index (χ0n) is 19.2. The molecule has 1 saturated carbocycles. The third-order valence-electron chi connectivity index (χ3n) is 7.77. The van der Waals surface area contributed by atoms with Crippen molar-refractivity contribution in [2.75, 3.05) is 4.90 Å². The van der Waals surface area contributed by atoms with Gasteiger partial charge in [0.05, 0.1) is 16.8 Å². The van der Waals surface area contributed by atoms with Crippen LogP contribution in [0.2, 0.25) is 0 Å². The summed E-state index contributed by atoms with van der Waals surface area (Å²) in [5.74, 6) is 0.830. The molecule has 2 aliphatic rings. The van der Waals surface area contributed by atoms with Crippen molar-refractivity contribution >= 4 is 39.1 Å². The number of rotatable bonds is 3. The molecule has 2 aromatic heterocycles. The van der Waals surface area contributed by atoms with Gasteiger partial charge < -0.3 is 9.88 Å². The minimum Gasteiger partial charge on any atom is -0.351 e. The molecule has 5 nitrogen and oxygen atoms in total. The highest BCUT2D eigenvalue weighted by Gasteiger charge is 2.49. The molecule has 32 heavy (non-hydrogen) atoms. The van der Waals surface area contributed by atoms with Crippen molar-refractivity contribution in [3.63, 3.8) is 0 Å². The number of aryl methyl sites for hydroxylation is 1. The molecule has 168 valence electrons. The Morgan fingerprint density at radius 2 is 1.97 bits per heavy atom. The molecule has 1 aliphatic heterocycles. The fraction of sp³-hybridized carbons (Fsp3) is 0.462. The normalized spacial score (nSPS) is 28.1. The highest BCUT2D eigenvalue weighted by Crippen LogP contribution is 2.39. The average molecular weight is 450 g/mol. The fourth-order valence-corrected chi connectivity index (χ4v) is 6.34. The van der Waals surface area contributed by atoms with Gasteiger partial charge in [-0.2, -0.15) is 0 Å². The summed E-state index contributed by atoms with van der Waals surface area (Å²) in [5, 5.41) is 5.41. The number of benzene rings is 1. The molecule has 5 rings (SSSR count). The molecule has 0 radical (unpaired) electrons. The number of nitrogens with one attached hydrogen (secondary N) is 1. The SMILES string of the molecule is Cc1ccccc1N1C(=O)c2cc3sccc3n2C[C@]1(C)C(=O)N[C@@H]1CCC[C@@H](C)[C@H]1C. The molecular weight excluding hydrogens is 418 g/mol. The number of thiophene rings is 1. The van der Waals surface area contributed by atoms with Crippen LogP contribution in [0.5, 0.6) is 0 Å². The van der Waals surface area contributed by atoms with E-state index < -0.39 is 5.54 Å². The summed E-state index contributed by atoms with van der Waals surface area (Å²) in [5.41, 5.74) is 2.45. The number of aromatic nitrogens is 1. The van der Waals surface area contributed by atoms with Gasteiger partial charge in [0.25, 0.3) is 5.91 Å². The number of fused-ring (bicyclic) bond motifs is 3. The topological polar surface area (TPSA) is 54.3 Å². The van der Waals surface area contributed by atoms with Crippen molar-refractivity contribution in [2.24, 2.45) is 11.8 Å². The largest absolute Gasteiger partial charge is 0.351 e. The van der Waals surface area contributed by atoms with E-state index in [1.54, 1.807) is 16.2 Å². The molecule has 0 spiro atoms. The van der Waals surface area contributed by atoms with E-state index in [1.807, 2.05) is 60.2 Å². The highest BCUT2D eigenvalue weighted by atomic mass is 32.1. The van der Waals surface area contributed by atoms with E-state index in [4.69, 9.17) is 0 Å². The number of hydrogen-bond acceptors (Lipinski definition) is 3. The van der Waals surface area contributed by atoms with Gasteiger partial charge in [0.2, 0.25) is 5.91 Å². The van der Waals surface area contributed by atoms with E-state index in [1.165, 1.54) is 6.42 Å². The molecule has 0 saturated heterocycles. The van der Waals surface area contributed by atoms with Crippen LogP contribution >= 0.6 is 11.3 Å². The molecule has 0 bridgehead atoms. The Morgan fingerprint density at radius 3 is 2.75 bits per heavy atom. The van der Waals surface area contributed by atoms with Crippen LogP contribution in [-0.2, 0) is 11.3 Å². The van der Waals surface area contributed by atoms with Crippen molar-refractivity contribution in [3.05, 3.63) is 53.0 Å². The Bertz CT molecular complexity index is 1190. The molecule has 2 amide bonds. The number of hydrogen-bond donors (Lipinski definition) is 1. The van der Waals surface area contributed by atoms with Crippen LogP contribution in [0, 0.1) is 18.8 Å². The van der Waals surface area contributed by atoms with Crippen LogP contribution in [0.4, 0.5) is 5.69 Å². The van der Waals surface area contributed by atoms with Gasteiger partial charge in [0.15, 0.2) is 0 Å². The second-order valence-corrected chi connectivity index (χ2v) is 10.8. The van der Waals surface area contributed by atoms with E-state index in [0.29, 0.717) is 24.1 Å². The lowest BCUT2D eigenvalue weighted by molar-refractivity contribution is -0.128. The molecule has 0 unspecified atom stereocenters. The number of para-hydroxylation sites is 1. The van der Waals surface area contributed by atoms with Crippen LogP contribution in [0.25, 0.3) is 10.2 Å². The molecule has 6 heteroatoms. The maximum atomic E-state index is 14.0. The van der Waals surface area contributed by atoms with Crippen molar-refractivity contribution in [1.29, 1.82) is 0 Å². The molecule has 3 heterocycles. The van der Waals surface area contributed by atoms with Crippen molar-refractivity contribution in [3.8, 4) is 0 Å². The maximum absolute atomic E-state index is 14.0. The Balaban J connectivity index is 1.60. The molecular formula is C26H31N3O2S. The summed E-state index contributed by atoms with van der Waals surface area (Å²) in [7, 11) is 0. The number of carbonyl (C=O) groups is 2. The third-order valence-corrected chi connectivity index (χ3v) is 8.63. The number of carbonyl (C=O) groups excluding carboxylic acids is 2. The molecule has 4 atom stereocenters. The summed E-state index contributed by atoms with van der Waals surface area (Å²) in [6, 6.07) is 12.0. The Labute approximate surface area is 193 Å². The van der Waals surface area contributed by atoms with Gasteiger partial charge in [-0.15, -0.1) is 11.3 Å². The monoisotopic (exact) mass is 449 g/mol. The second kappa shape index (κ2) is 7.77. The van der Waals surface area contributed by atoms with E-state index >= 15 is 0 Å². The highest BCUT2D eigenvalue weighted by molar-refractivity contribution is 7.17. The molecule has 1 fully saturated rings. The first kappa shape index (κ1) is 21.3. The molecule has 1 aromatic carbocycles. The van der Waals surface area contributed by atoms with Crippen LogP contribution in [-0.4, -0.2) is 28.0 Å². The summed E-state index contributed by atoms with van der Waals surface area (Å²) in [4.78, 5) is 29.6. The van der Waals surface area contributed by atoms with Crippen LogP contribution < -0.4 is 10.2 Å². The molecule has 1 aliphatic carbocycles. The number of amides is 2. The lowest BCUT2D eigenvalue weighted by Crippen LogP contribution is -2.66. The zero-order valence-corrected chi connectivity index (χ0v) is 20.0. The van der Waals surface area contributed by atoms with Gasteiger partial charge in [-0.3, -0.25) is 14.5 Å².